The maximum atomic E-state index is 12.4. The first-order chi connectivity index (χ1) is 12.9. The van der Waals surface area contributed by atoms with E-state index in [1.165, 1.54) is 31.2 Å². The lowest BCUT2D eigenvalue weighted by molar-refractivity contribution is -0.130. The van der Waals surface area contributed by atoms with E-state index in [0.29, 0.717) is 5.70 Å². The molecule has 1 N–H and O–H groups in total. The van der Waals surface area contributed by atoms with Gasteiger partial charge in [-0.1, -0.05) is 36.9 Å². The molecule has 3 rings (SSSR count). The SMILES string of the molecule is C=C(C)C(=O)Oc1ccc(S(=O)(=O)ONC2=CCCc3ccccc32)cc1. The zero-order valence-electron chi connectivity index (χ0n) is 14.8. The molecule has 6 nitrogen and oxygen atoms in total. The van der Waals surface area contributed by atoms with Crippen molar-refractivity contribution in [1.29, 1.82) is 0 Å². The monoisotopic (exact) mass is 385 g/mol. The van der Waals surface area contributed by atoms with Crippen LogP contribution in [0.2, 0.25) is 0 Å². The first kappa shape index (κ1) is 18.9. The number of carbonyl (C=O) groups excluding carboxylic acids is 1. The highest BCUT2D eigenvalue weighted by Gasteiger charge is 2.19. The fourth-order valence-corrected chi connectivity index (χ4v) is 3.36. The van der Waals surface area contributed by atoms with Crippen molar-refractivity contribution in [3.63, 3.8) is 0 Å². The Bertz CT molecular complexity index is 1010. The highest BCUT2D eigenvalue weighted by atomic mass is 32.2. The Labute approximate surface area is 158 Å². The predicted octanol–water partition coefficient (Wildman–Crippen LogP) is 3.37. The molecule has 0 atom stereocenters. The second-order valence-electron chi connectivity index (χ2n) is 6.09. The molecule has 0 saturated carbocycles. The first-order valence-electron chi connectivity index (χ1n) is 8.32. The summed E-state index contributed by atoms with van der Waals surface area (Å²) in [5.74, 6) is -0.356. The smallest absolute Gasteiger partial charge is 0.338 e. The van der Waals surface area contributed by atoms with Crippen LogP contribution in [0.1, 0.15) is 24.5 Å². The average Bonchev–Trinajstić information content (AvgIpc) is 2.66. The fraction of sp³-hybridized carbons (Fsp3) is 0.150. The number of hydrogen-bond acceptors (Lipinski definition) is 6. The van der Waals surface area contributed by atoms with Crippen LogP contribution in [0.3, 0.4) is 0 Å². The molecule has 1 aliphatic carbocycles. The Morgan fingerprint density at radius 1 is 1.11 bits per heavy atom. The molecule has 27 heavy (non-hydrogen) atoms. The van der Waals surface area contributed by atoms with Crippen molar-refractivity contribution >= 4 is 21.8 Å². The molecule has 0 heterocycles. The van der Waals surface area contributed by atoms with Gasteiger partial charge in [0.2, 0.25) is 0 Å². The lowest BCUT2D eigenvalue weighted by Gasteiger charge is -2.18. The van der Waals surface area contributed by atoms with Crippen molar-refractivity contribution in [2.75, 3.05) is 0 Å². The molecule has 0 fully saturated rings. The highest BCUT2D eigenvalue weighted by Crippen LogP contribution is 2.25. The molecule has 0 amide bonds. The van der Waals surface area contributed by atoms with E-state index in [9.17, 15) is 13.2 Å². The third kappa shape index (κ3) is 4.45. The maximum absolute atomic E-state index is 12.4. The van der Waals surface area contributed by atoms with Crippen molar-refractivity contribution in [1.82, 2.24) is 5.48 Å². The molecule has 0 unspecified atom stereocenters. The van der Waals surface area contributed by atoms with Crippen LogP contribution in [0.15, 0.2) is 71.7 Å². The van der Waals surface area contributed by atoms with Crippen LogP contribution in [-0.2, 0) is 25.6 Å². The summed E-state index contributed by atoms with van der Waals surface area (Å²) in [5.41, 5.74) is 5.47. The number of allylic oxidation sites excluding steroid dienone is 1. The van der Waals surface area contributed by atoms with Gasteiger partial charge < -0.3 is 4.74 Å². The number of carbonyl (C=O) groups is 1. The Balaban J connectivity index is 1.69. The number of fused-ring (bicyclic) bond motifs is 1. The van der Waals surface area contributed by atoms with E-state index in [2.05, 4.69) is 12.1 Å². The lowest BCUT2D eigenvalue weighted by atomic mass is 9.95. The zero-order chi connectivity index (χ0) is 19.4. The van der Waals surface area contributed by atoms with Gasteiger partial charge in [0.05, 0.1) is 10.6 Å². The van der Waals surface area contributed by atoms with Crippen LogP contribution in [0.25, 0.3) is 5.70 Å². The number of rotatable bonds is 6. The molecular formula is C20H19NO5S. The quantitative estimate of drug-likeness (QED) is 0.355. The number of esters is 1. The second kappa shape index (κ2) is 7.77. The lowest BCUT2D eigenvalue weighted by Crippen LogP contribution is -2.21. The normalized spacial score (nSPS) is 13.3. The van der Waals surface area contributed by atoms with Crippen LogP contribution in [0.4, 0.5) is 0 Å². The third-order valence-corrected chi connectivity index (χ3v) is 5.15. The molecule has 0 aliphatic heterocycles. The molecule has 1 aliphatic rings. The van der Waals surface area contributed by atoms with Gasteiger partial charge in [0, 0.05) is 11.1 Å². The Morgan fingerprint density at radius 2 is 1.81 bits per heavy atom. The molecule has 7 heteroatoms. The minimum atomic E-state index is -4.03. The molecule has 2 aromatic carbocycles. The maximum Gasteiger partial charge on any atom is 0.338 e. The Morgan fingerprint density at radius 3 is 2.52 bits per heavy atom. The van der Waals surface area contributed by atoms with Gasteiger partial charge in [-0.05, 0) is 49.6 Å². The van der Waals surface area contributed by atoms with E-state index in [1.54, 1.807) is 0 Å². The van der Waals surface area contributed by atoms with Crippen molar-refractivity contribution in [2.45, 2.75) is 24.7 Å². The summed E-state index contributed by atoms with van der Waals surface area (Å²) >= 11 is 0. The zero-order valence-corrected chi connectivity index (χ0v) is 15.6. The minimum Gasteiger partial charge on any atom is -0.423 e. The van der Waals surface area contributed by atoms with E-state index in [4.69, 9.17) is 9.02 Å². The van der Waals surface area contributed by atoms with Gasteiger partial charge in [-0.15, -0.1) is 4.28 Å². The summed E-state index contributed by atoms with van der Waals surface area (Å²) in [6.07, 6.45) is 3.60. The van der Waals surface area contributed by atoms with Gasteiger partial charge in [-0.25, -0.2) is 10.3 Å². The van der Waals surface area contributed by atoms with Crippen LogP contribution in [0.5, 0.6) is 5.75 Å². The van der Waals surface area contributed by atoms with Crippen molar-refractivity contribution in [3.8, 4) is 5.75 Å². The molecule has 2 aromatic rings. The molecule has 140 valence electrons. The molecule has 0 saturated heterocycles. The fourth-order valence-electron chi connectivity index (χ4n) is 2.60. The van der Waals surface area contributed by atoms with Crippen molar-refractivity contribution in [3.05, 3.63) is 77.9 Å². The average molecular weight is 385 g/mol. The summed E-state index contributed by atoms with van der Waals surface area (Å²) in [7, 11) is -4.03. The highest BCUT2D eigenvalue weighted by molar-refractivity contribution is 7.86. The Kier molecular flexibility index (Phi) is 5.43. The van der Waals surface area contributed by atoms with Crippen LogP contribution >= 0.6 is 0 Å². The van der Waals surface area contributed by atoms with E-state index >= 15 is 0 Å². The summed E-state index contributed by atoms with van der Waals surface area (Å²) in [6.45, 7) is 5.02. The summed E-state index contributed by atoms with van der Waals surface area (Å²) in [4.78, 5) is 11.4. The summed E-state index contributed by atoms with van der Waals surface area (Å²) in [5, 5.41) is 0. The second-order valence-corrected chi connectivity index (χ2v) is 7.64. The van der Waals surface area contributed by atoms with Gasteiger partial charge in [0.25, 0.3) is 0 Å². The third-order valence-electron chi connectivity index (χ3n) is 4.00. The van der Waals surface area contributed by atoms with E-state index < -0.39 is 16.1 Å². The summed E-state index contributed by atoms with van der Waals surface area (Å²) in [6, 6.07) is 13.1. The molecule has 0 bridgehead atoms. The molecule has 0 aromatic heterocycles. The van der Waals surface area contributed by atoms with Crippen LogP contribution in [-0.4, -0.2) is 14.4 Å². The van der Waals surface area contributed by atoms with Gasteiger partial charge >= 0.3 is 16.1 Å². The number of nitrogens with one attached hydrogen (secondary N) is 1. The van der Waals surface area contributed by atoms with Gasteiger partial charge in [0.1, 0.15) is 5.75 Å². The topological polar surface area (TPSA) is 81.7 Å². The minimum absolute atomic E-state index is 0.0604. The first-order valence-corrected chi connectivity index (χ1v) is 9.73. The number of benzene rings is 2. The standard InChI is InChI=1S/C20H19NO5S/c1-14(2)20(22)25-16-10-12-17(13-11-16)27(23,24)26-21-19-9-5-7-15-6-3-4-8-18(15)19/h3-4,6,8-13,21H,1,5,7H2,2H3. The molecule has 0 spiro atoms. The number of aryl methyl sites for hydroxylation is 1. The molecular weight excluding hydrogens is 366 g/mol. The van der Waals surface area contributed by atoms with Gasteiger partial charge in [-0.3, -0.25) is 0 Å². The summed E-state index contributed by atoms with van der Waals surface area (Å²) < 4.78 is 34.8. The van der Waals surface area contributed by atoms with Crippen LogP contribution < -0.4 is 10.2 Å². The van der Waals surface area contributed by atoms with E-state index in [1.807, 2.05) is 30.3 Å². The van der Waals surface area contributed by atoms with E-state index in [0.717, 1.165) is 24.0 Å². The predicted molar refractivity (Wildman–Crippen MR) is 101 cm³/mol. The van der Waals surface area contributed by atoms with Crippen molar-refractivity contribution in [2.24, 2.45) is 0 Å². The number of hydroxylamine groups is 1. The van der Waals surface area contributed by atoms with Crippen LogP contribution in [0, 0.1) is 0 Å². The van der Waals surface area contributed by atoms with E-state index in [-0.39, 0.29) is 16.2 Å². The largest absolute Gasteiger partial charge is 0.423 e. The van der Waals surface area contributed by atoms with Gasteiger partial charge in [-0.2, -0.15) is 8.42 Å². The van der Waals surface area contributed by atoms with Gasteiger partial charge in [0.15, 0.2) is 0 Å². The number of ether oxygens (including phenoxy) is 1. The Hall–Kier alpha value is -2.90. The number of hydrogen-bond donors (Lipinski definition) is 1. The van der Waals surface area contributed by atoms with Crippen molar-refractivity contribution < 1.29 is 22.2 Å². The molecule has 0 radical (unpaired) electrons.